The summed E-state index contributed by atoms with van der Waals surface area (Å²) in [6.45, 7) is 9.22. The number of benzene rings is 1. The van der Waals surface area contributed by atoms with Crippen LogP contribution in [0.15, 0.2) is 24.3 Å². The molecule has 1 aliphatic heterocycles. The number of hydrogen-bond acceptors (Lipinski definition) is 2. The van der Waals surface area contributed by atoms with Gasteiger partial charge in [0.2, 0.25) is 0 Å². The first kappa shape index (κ1) is 14.9. The van der Waals surface area contributed by atoms with Crippen molar-refractivity contribution in [3.63, 3.8) is 0 Å². The lowest BCUT2D eigenvalue weighted by Crippen LogP contribution is -2.66. The standard InChI is InChI=1S/C19H30N2/c1-15(2)18-13-20-19(10-5-4-6-11-19)14-21(18)17-9-7-8-16(3)12-17/h7-9,12,15,18,20H,4-6,10-11,13-14H2,1-3H3. The minimum Gasteiger partial charge on any atom is -0.365 e. The normalized spacial score (nSPS) is 25.5. The van der Waals surface area contributed by atoms with Gasteiger partial charge in [-0.25, -0.2) is 0 Å². The van der Waals surface area contributed by atoms with Crippen LogP contribution in [-0.2, 0) is 0 Å². The molecule has 1 atom stereocenters. The molecule has 0 aromatic heterocycles. The summed E-state index contributed by atoms with van der Waals surface area (Å²) in [5.74, 6) is 0.680. The summed E-state index contributed by atoms with van der Waals surface area (Å²) in [6.07, 6.45) is 6.89. The summed E-state index contributed by atoms with van der Waals surface area (Å²) in [5.41, 5.74) is 3.15. The van der Waals surface area contributed by atoms with E-state index in [-0.39, 0.29) is 0 Å². The van der Waals surface area contributed by atoms with Gasteiger partial charge in [0, 0.05) is 30.4 Å². The number of piperazine rings is 1. The third kappa shape index (κ3) is 3.11. The molecule has 2 heteroatoms. The Morgan fingerprint density at radius 3 is 2.62 bits per heavy atom. The fraction of sp³-hybridized carbons (Fsp3) is 0.684. The summed E-state index contributed by atoms with van der Waals surface area (Å²) in [7, 11) is 0. The van der Waals surface area contributed by atoms with Crippen LogP contribution < -0.4 is 10.2 Å². The van der Waals surface area contributed by atoms with Crippen LogP contribution in [-0.4, -0.2) is 24.7 Å². The number of hydrogen-bond donors (Lipinski definition) is 1. The summed E-state index contributed by atoms with van der Waals surface area (Å²) < 4.78 is 0. The molecule has 1 aromatic carbocycles. The summed E-state index contributed by atoms with van der Waals surface area (Å²) in [4.78, 5) is 2.69. The van der Waals surface area contributed by atoms with E-state index in [1.54, 1.807) is 0 Å². The molecule has 2 aliphatic rings. The lowest BCUT2D eigenvalue weighted by molar-refractivity contribution is 0.184. The molecular weight excluding hydrogens is 256 g/mol. The van der Waals surface area contributed by atoms with Gasteiger partial charge in [0.15, 0.2) is 0 Å². The van der Waals surface area contributed by atoms with E-state index in [1.807, 2.05) is 0 Å². The van der Waals surface area contributed by atoms with E-state index in [4.69, 9.17) is 0 Å². The van der Waals surface area contributed by atoms with Crippen LogP contribution in [0.1, 0.15) is 51.5 Å². The average molecular weight is 286 g/mol. The molecule has 1 spiro atoms. The summed E-state index contributed by atoms with van der Waals surface area (Å²) in [6, 6.07) is 9.67. The Morgan fingerprint density at radius 2 is 1.95 bits per heavy atom. The molecule has 1 N–H and O–H groups in total. The highest BCUT2D eigenvalue weighted by atomic mass is 15.3. The Hall–Kier alpha value is -1.02. The topological polar surface area (TPSA) is 15.3 Å². The molecule has 1 saturated carbocycles. The monoisotopic (exact) mass is 286 g/mol. The maximum Gasteiger partial charge on any atom is 0.0438 e. The van der Waals surface area contributed by atoms with E-state index in [0.29, 0.717) is 17.5 Å². The van der Waals surface area contributed by atoms with Crippen molar-refractivity contribution in [1.82, 2.24) is 5.32 Å². The Bertz CT molecular complexity index is 474. The summed E-state index contributed by atoms with van der Waals surface area (Å²) in [5, 5.41) is 3.94. The second-order valence-corrected chi connectivity index (χ2v) is 7.50. The second kappa shape index (κ2) is 6.00. The number of anilines is 1. The number of nitrogens with zero attached hydrogens (tertiary/aromatic N) is 1. The van der Waals surface area contributed by atoms with Gasteiger partial charge in [0.05, 0.1) is 0 Å². The molecule has 0 radical (unpaired) electrons. The average Bonchev–Trinajstić information content (AvgIpc) is 2.48. The van der Waals surface area contributed by atoms with Crippen LogP contribution in [0.2, 0.25) is 0 Å². The minimum atomic E-state index is 0.368. The highest BCUT2D eigenvalue weighted by Crippen LogP contribution is 2.35. The van der Waals surface area contributed by atoms with Crippen molar-refractivity contribution in [1.29, 1.82) is 0 Å². The zero-order chi connectivity index (χ0) is 14.9. The largest absolute Gasteiger partial charge is 0.365 e. The van der Waals surface area contributed by atoms with Crippen LogP contribution in [0.25, 0.3) is 0 Å². The van der Waals surface area contributed by atoms with Crippen LogP contribution in [0.3, 0.4) is 0 Å². The van der Waals surface area contributed by atoms with Gasteiger partial charge in [-0.2, -0.15) is 0 Å². The Kier molecular flexibility index (Phi) is 4.26. The smallest absolute Gasteiger partial charge is 0.0438 e. The molecule has 1 aromatic rings. The molecular formula is C19H30N2. The van der Waals surface area contributed by atoms with E-state index < -0.39 is 0 Å². The SMILES string of the molecule is Cc1cccc(N2CC3(CCCCC3)NCC2C(C)C)c1. The quantitative estimate of drug-likeness (QED) is 0.879. The van der Waals surface area contributed by atoms with E-state index in [2.05, 4.69) is 55.3 Å². The number of nitrogens with one attached hydrogen (secondary N) is 1. The van der Waals surface area contributed by atoms with Crippen molar-refractivity contribution in [2.45, 2.75) is 64.5 Å². The third-order valence-electron chi connectivity index (χ3n) is 5.47. The lowest BCUT2D eigenvalue weighted by atomic mass is 9.78. The zero-order valence-corrected chi connectivity index (χ0v) is 13.9. The van der Waals surface area contributed by atoms with Crippen LogP contribution >= 0.6 is 0 Å². The highest BCUT2D eigenvalue weighted by Gasteiger charge is 2.40. The molecule has 1 aliphatic carbocycles. The molecule has 2 fully saturated rings. The highest BCUT2D eigenvalue weighted by molar-refractivity contribution is 5.51. The van der Waals surface area contributed by atoms with Gasteiger partial charge in [-0.15, -0.1) is 0 Å². The molecule has 0 amide bonds. The van der Waals surface area contributed by atoms with E-state index >= 15 is 0 Å². The fourth-order valence-electron chi connectivity index (χ4n) is 4.18. The molecule has 116 valence electrons. The molecule has 0 bridgehead atoms. The van der Waals surface area contributed by atoms with Gasteiger partial charge in [-0.05, 0) is 43.4 Å². The molecule has 1 saturated heterocycles. The number of aryl methyl sites for hydroxylation is 1. The second-order valence-electron chi connectivity index (χ2n) is 7.50. The van der Waals surface area contributed by atoms with Crippen molar-refractivity contribution in [2.75, 3.05) is 18.0 Å². The van der Waals surface area contributed by atoms with Crippen LogP contribution in [0.5, 0.6) is 0 Å². The minimum absolute atomic E-state index is 0.368. The van der Waals surface area contributed by atoms with E-state index in [0.717, 1.165) is 6.54 Å². The van der Waals surface area contributed by atoms with Gasteiger partial charge in [-0.3, -0.25) is 0 Å². The first-order valence-electron chi connectivity index (χ1n) is 8.68. The zero-order valence-electron chi connectivity index (χ0n) is 13.9. The van der Waals surface area contributed by atoms with Crippen molar-refractivity contribution in [3.05, 3.63) is 29.8 Å². The maximum absolute atomic E-state index is 3.94. The van der Waals surface area contributed by atoms with Gasteiger partial charge >= 0.3 is 0 Å². The van der Waals surface area contributed by atoms with Crippen LogP contribution in [0.4, 0.5) is 5.69 Å². The Labute approximate surface area is 129 Å². The molecule has 1 heterocycles. The molecule has 3 rings (SSSR count). The number of rotatable bonds is 2. The summed E-state index contributed by atoms with van der Waals surface area (Å²) >= 11 is 0. The lowest BCUT2D eigenvalue weighted by Gasteiger charge is -2.52. The Balaban J connectivity index is 1.87. The van der Waals surface area contributed by atoms with Gasteiger partial charge < -0.3 is 10.2 Å². The van der Waals surface area contributed by atoms with Crippen molar-refractivity contribution in [2.24, 2.45) is 5.92 Å². The molecule has 2 nitrogen and oxygen atoms in total. The van der Waals surface area contributed by atoms with Gasteiger partial charge in [-0.1, -0.05) is 45.2 Å². The van der Waals surface area contributed by atoms with E-state index in [9.17, 15) is 0 Å². The van der Waals surface area contributed by atoms with E-state index in [1.165, 1.54) is 49.9 Å². The van der Waals surface area contributed by atoms with Crippen LogP contribution in [0, 0.1) is 12.8 Å². The third-order valence-corrected chi connectivity index (χ3v) is 5.47. The van der Waals surface area contributed by atoms with Gasteiger partial charge in [0.1, 0.15) is 0 Å². The molecule has 21 heavy (non-hydrogen) atoms. The fourth-order valence-corrected chi connectivity index (χ4v) is 4.18. The maximum atomic E-state index is 3.94. The van der Waals surface area contributed by atoms with Crippen molar-refractivity contribution in [3.8, 4) is 0 Å². The van der Waals surface area contributed by atoms with Crippen molar-refractivity contribution < 1.29 is 0 Å². The van der Waals surface area contributed by atoms with Gasteiger partial charge in [0.25, 0.3) is 0 Å². The Morgan fingerprint density at radius 1 is 1.19 bits per heavy atom. The first-order chi connectivity index (χ1) is 10.1. The first-order valence-corrected chi connectivity index (χ1v) is 8.68. The molecule has 1 unspecified atom stereocenters. The predicted octanol–water partition coefficient (Wildman–Crippen LogP) is 4.13. The predicted molar refractivity (Wildman–Crippen MR) is 91.0 cm³/mol. The van der Waals surface area contributed by atoms with Crippen molar-refractivity contribution >= 4 is 5.69 Å².